The van der Waals surface area contributed by atoms with Gasteiger partial charge in [-0.1, -0.05) is 18.2 Å². The van der Waals surface area contributed by atoms with Crippen LogP contribution in [0, 0.1) is 13.8 Å². The Balaban J connectivity index is 2.10. The fourth-order valence-electron chi connectivity index (χ4n) is 2.00. The van der Waals surface area contributed by atoms with Crippen LogP contribution in [-0.2, 0) is 6.54 Å². The van der Waals surface area contributed by atoms with Gasteiger partial charge >= 0.3 is 6.03 Å². The fraction of sp³-hybridized carbons (Fsp3) is 0.375. The highest BCUT2D eigenvalue weighted by Crippen LogP contribution is 2.24. The molecule has 0 bridgehead atoms. The van der Waals surface area contributed by atoms with Gasteiger partial charge in [-0.2, -0.15) is 0 Å². The second-order valence-electron chi connectivity index (χ2n) is 5.32. The van der Waals surface area contributed by atoms with Crippen LogP contribution >= 0.6 is 0 Å². The molecular formula is C16H21N3O2. The van der Waals surface area contributed by atoms with Gasteiger partial charge in [-0.05, 0) is 39.3 Å². The van der Waals surface area contributed by atoms with Crippen molar-refractivity contribution in [3.63, 3.8) is 0 Å². The first-order valence-corrected chi connectivity index (χ1v) is 7.04. The van der Waals surface area contributed by atoms with E-state index in [1.807, 2.05) is 52.0 Å². The number of carbonyl (C=O) groups is 1. The van der Waals surface area contributed by atoms with Gasteiger partial charge in [-0.15, -0.1) is 0 Å². The second-order valence-corrected chi connectivity index (χ2v) is 5.32. The quantitative estimate of drug-likeness (QED) is 0.907. The Bertz CT molecular complexity index is 632. The van der Waals surface area contributed by atoms with E-state index >= 15 is 0 Å². The average molecular weight is 287 g/mol. The van der Waals surface area contributed by atoms with Gasteiger partial charge in [0.1, 0.15) is 11.5 Å². The fourth-order valence-corrected chi connectivity index (χ4v) is 2.00. The molecule has 0 atom stereocenters. The summed E-state index contributed by atoms with van der Waals surface area (Å²) in [6.07, 6.45) is 0. The minimum Gasteiger partial charge on any atom is -0.441 e. The van der Waals surface area contributed by atoms with Crippen LogP contribution in [0.3, 0.4) is 0 Å². The molecule has 0 aliphatic rings. The largest absolute Gasteiger partial charge is 0.441 e. The van der Waals surface area contributed by atoms with Crippen molar-refractivity contribution in [2.45, 2.75) is 40.3 Å². The second kappa shape index (κ2) is 6.43. The van der Waals surface area contributed by atoms with Gasteiger partial charge in [0.2, 0.25) is 5.89 Å². The Morgan fingerprint density at radius 3 is 2.67 bits per heavy atom. The van der Waals surface area contributed by atoms with Crippen LogP contribution in [-0.4, -0.2) is 17.1 Å². The van der Waals surface area contributed by atoms with E-state index in [-0.39, 0.29) is 12.1 Å². The number of rotatable bonds is 4. The molecule has 0 aliphatic carbocycles. The molecule has 0 saturated heterocycles. The SMILES string of the molecule is Cc1ccccc1-c1nc(CNC(=O)NC(C)C)c(C)o1. The molecule has 1 heterocycles. The minimum absolute atomic E-state index is 0.103. The predicted molar refractivity (Wildman–Crippen MR) is 81.9 cm³/mol. The lowest BCUT2D eigenvalue weighted by molar-refractivity contribution is 0.238. The molecule has 5 heteroatoms. The van der Waals surface area contributed by atoms with E-state index in [0.29, 0.717) is 12.4 Å². The Hall–Kier alpha value is -2.30. The first-order valence-electron chi connectivity index (χ1n) is 7.04. The van der Waals surface area contributed by atoms with Crippen molar-refractivity contribution in [3.8, 4) is 11.5 Å². The van der Waals surface area contributed by atoms with Gasteiger partial charge < -0.3 is 15.1 Å². The minimum atomic E-state index is -0.204. The molecule has 0 fully saturated rings. The molecule has 1 aromatic carbocycles. The van der Waals surface area contributed by atoms with Crippen LogP contribution < -0.4 is 10.6 Å². The molecular weight excluding hydrogens is 266 g/mol. The van der Waals surface area contributed by atoms with Crippen molar-refractivity contribution in [1.82, 2.24) is 15.6 Å². The number of aromatic nitrogens is 1. The highest BCUT2D eigenvalue weighted by molar-refractivity contribution is 5.74. The molecule has 21 heavy (non-hydrogen) atoms. The molecule has 112 valence electrons. The molecule has 2 amide bonds. The van der Waals surface area contributed by atoms with Gasteiger partial charge in [0.05, 0.1) is 6.54 Å². The van der Waals surface area contributed by atoms with E-state index in [4.69, 9.17) is 4.42 Å². The van der Waals surface area contributed by atoms with E-state index in [1.165, 1.54) is 0 Å². The summed E-state index contributed by atoms with van der Waals surface area (Å²) in [4.78, 5) is 16.1. The average Bonchev–Trinajstić information content (AvgIpc) is 2.77. The number of aryl methyl sites for hydroxylation is 2. The molecule has 2 rings (SSSR count). The van der Waals surface area contributed by atoms with Gasteiger partial charge in [0.15, 0.2) is 0 Å². The number of benzene rings is 1. The van der Waals surface area contributed by atoms with Gasteiger partial charge in [-0.3, -0.25) is 0 Å². The zero-order chi connectivity index (χ0) is 15.4. The lowest BCUT2D eigenvalue weighted by atomic mass is 10.1. The monoisotopic (exact) mass is 287 g/mol. The number of carbonyl (C=O) groups excluding carboxylic acids is 1. The number of nitrogens with one attached hydrogen (secondary N) is 2. The first-order chi connectivity index (χ1) is 9.97. The Morgan fingerprint density at radius 1 is 1.29 bits per heavy atom. The number of hydrogen-bond acceptors (Lipinski definition) is 3. The van der Waals surface area contributed by atoms with E-state index in [2.05, 4.69) is 15.6 Å². The molecule has 1 aromatic heterocycles. The maximum absolute atomic E-state index is 11.6. The van der Waals surface area contributed by atoms with Crippen LogP contribution in [0.15, 0.2) is 28.7 Å². The maximum Gasteiger partial charge on any atom is 0.315 e. The third kappa shape index (κ3) is 3.84. The van der Waals surface area contributed by atoms with Crippen molar-refractivity contribution in [2.24, 2.45) is 0 Å². The van der Waals surface area contributed by atoms with Crippen molar-refractivity contribution >= 4 is 6.03 Å². The highest BCUT2D eigenvalue weighted by atomic mass is 16.4. The summed E-state index contributed by atoms with van der Waals surface area (Å²) in [6.45, 7) is 8.04. The summed E-state index contributed by atoms with van der Waals surface area (Å²) in [6, 6.07) is 7.82. The smallest absolute Gasteiger partial charge is 0.315 e. The van der Waals surface area contributed by atoms with E-state index in [0.717, 1.165) is 22.6 Å². The standard InChI is InChI=1S/C16H21N3O2/c1-10(2)18-16(20)17-9-14-12(4)21-15(19-14)13-8-6-5-7-11(13)3/h5-8,10H,9H2,1-4H3,(H2,17,18,20). The summed E-state index contributed by atoms with van der Waals surface area (Å²) >= 11 is 0. The number of amides is 2. The normalized spacial score (nSPS) is 10.7. The molecule has 0 aliphatic heterocycles. The van der Waals surface area contributed by atoms with Crippen molar-refractivity contribution in [3.05, 3.63) is 41.3 Å². The van der Waals surface area contributed by atoms with Crippen LogP contribution in [0.4, 0.5) is 4.79 Å². The van der Waals surface area contributed by atoms with Crippen molar-refractivity contribution < 1.29 is 9.21 Å². The molecule has 0 unspecified atom stereocenters. The lowest BCUT2D eigenvalue weighted by Crippen LogP contribution is -2.39. The number of oxazole rings is 1. The summed E-state index contributed by atoms with van der Waals surface area (Å²) < 4.78 is 5.71. The van der Waals surface area contributed by atoms with Crippen LogP contribution in [0.1, 0.15) is 30.9 Å². The molecule has 0 saturated carbocycles. The highest BCUT2D eigenvalue weighted by Gasteiger charge is 2.13. The van der Waals surface area contributed by atoms with E-state index in [1.54, 1.807) is 0 Å². The Kier molecular flexibility index (Phi) is 4.62. The van der Waals surface area contributed by atoms with E-state index in [9.17, 15) is 4.79 Å². The summed E-state index contributed by atoms with van der Waals surface area (Å²) in [5, 5.41) is 5.55. The third-order valence-corrected chi connectivity index (χ3v) is 3.10. The molecule has 2 N–H and O–H groups in total. The first kappa shape index (κ1) is 15.1. The summed E-state index contributed by atoms with van der Waals surface area (Å²) in [5.74, 6) is 1.31. The number of urea groups is 1. The van der Waals surface area contributed by atoms with Gasteiger partial charge in [0, 0.05) is 11.6 Å². The molecule has 0 radical (unpaired) electrons. The molecule has 5 nitrogen and oxygen atoms in total. The van der Waals surface area contributed by atoms with Gasteiger partial charge in [0.25, 0.3) is 0 Å². The van der Waals surface area contributed by atoms with Crippen molar-refractivity contribution in [2.75, 3.05) is 0 Å². The number of hydrogen-bond donors (Lipinski definition) is 2. The maximum atomic E-state index is 11.6. The lowest BCUT2D eigenvalue weighted by Gasteiger charge is -2.08. The topological polar surface area (TPSA) is 67.2 Å². The Morgan fingerprint density at radius 2 is 2.00 bits per heavy atom. The predicted octanol–water partition coefficient (Wildman–Crippen LogP) is 3.17. The van der Waals surface area contributed by atoms with Crippen molar-refractivity contribution in [1.29, 1.82) is 0 Å². The van der Waals surface area contributed by atoms with Crippen LogP contribution in [0.25, 0.3) is 11.5 Å². The summed E-state index contributed by atoms with van der Waals surface area (Å²) in [7, 11) is 0. The molecule has 0 spiro atoms. The van der Waals surface area contributed by atoms with Crippen LogP contribution in [0.2, 0.25) is 0 Å². The molecule has 2 aromatic rings. The third-order valence-electron chi connectivity index (χ3n) is 3.10. The Labute approximate surface area is 124 Å². The van der Waals surface area contributed by atoms with E-state index < -0.39 is 0 Å². The van der Waals surface area contributed by atoms with Crippen LogP contribution in [0.5, 0.6) is 0 Å². The summed E-state index contributed by atoms with van der Waals surface area (Å²) in [5.41, 5.74) is 2.82. The zero-order valence-electron chi connectivity index (χ0n) is 12.9. The van der Waals surface area contributed by atoms with Gasteiger partial charge in [-0.25, -0.2) is 9.78 Å². The zero-order valence-corrected chi connectivity index (χ0v) is 12.9. The number of nitrogens with zero attached hydrogens (tertiary/aromatic N) is 1.